The van der Waals surface area contributed by atoms with Crippen molar-refractivity contribution in [3.63, 3.8) is 0 Å². The first-order valence-corrected chi connectivity index (χ1v) is 6.66. The number of carboxylic acid groups (broad SMARTS) is 1. The van der Waals surface area contributed by atoms with E-state index >= 15 is 0 Å². The van der Waals surface area contributed by atoms with Gasteiger partial charge >= 0.3 is 5.97 Å². The van der Waals surface area contributed by atoms with Gasteiger partial charge in [0.1, 0.15) is 0 Å². The molecule has 1 fully saturated rings. The van der Waals surface area contributed by atoms with Crippen LogP contribution in [0.3, 0.4) is 0 Å². The number of carboxylic acids is 1. The fourth-order valence-electron chi connectivity index (χ4n) is 1.26. The maximum absolute atomic E-state index is 11.3. The smallest absolute Gasteiger partial charge is 0.304 e. The Morgan fingerprint density at radius 2 is 2.31 bits per heavy atom. The average Bonchev–Trinajstić information content (AvgIpc) is 2.26. The summed E-state index contributed by atoms with van der Waals surface area (Å²) in [5.41, 5.74) is 0. The van der Waals surface area contributed by atoms with Crippen molar-refractivity contribution in [3.05, 3.63) is 0 Å². The Balaban J connectivity index is 2.26. The molecule has 1 aliphatic rings. The summed E-state index contributed by atoms with van der Waals surface area (Å²) in [6.07, 6.45) is -0.576. The molecule has 0 aromatic carbocycles. The van der Waals surface area contributed by atoms with Crippen LogP contribution in [0.15, 0.2) is 0 Å². The number of aliphatic carboxylic acids is 1. The lowest BCUT2D eigenvalue weighted by Crippen LogP contribution is -2.45. The number of hydrogen-bond acceptors (Lipinski definition) is 5. The van der Waals surface area contributed by atoms with Gasteiger partial charge in [-0.3, -0.25) is 4.79 Å². The standard InChI is InChI=1S/C8H16N2O5S/c11-8(12)1-4-16(13,14)10-6-7-5-9-2-3-15-7/h7,9-10H,1-6H2,(H,11,12). The van der Waals surface area contributed by atoms with Crippen LogP contribution in [0.1, 0.15) is 6.42 Å². The highest BCUT2D eigenvalue weighted by atomic mass is 32.2. The van der Waals surface area contributed by atoms with Crippen LogP contribution in [-0.4, -0.2) is 57.6 Å². The van der Waals surface area contributed by atoms with E-state index in [0.29, 0.717) is 13.2 Å². The Bertz CT molecular complexity index is 323. The molecule has 0 aliphatic carbocycles. The molecule has 0 amide bonds. The van der Waals surface area contributed by atoms with E-state index in [-0.39, 0.29) is 19.1 Å². The summed E-state index contributed by atoms with van der Waals surface area (Å²) in [7, 11) is -3.51. The molecule has 1 aliphatic heterocycles. The molecule has 0 spiro atoms. The van der Waals surface area contributed by atoms with Gasteiger partial charge in [0.05, 0.1) is 24.9 Å². The fourth-order valence-corrected chi connectivity index (χ4v) is 2.29. The van der Waals surface area contributed by atoms with Crippen molar-refractivity contribution in [2.24, 2.45) is 0 Å². The van der Waals surface area contributed by atoms with Gasteiger partial charge in [-0.2, -0.15) is 0 Å². The Morgan fingerprint density at radius 1 is 1.56 bits per heavy atom. The van der Waals surface area contributed by atoms with Crippen molar-refractivity contribution in [1.29, 1.82) is 0 Å². The van der Waals surface area contributed by atoms with Gasteiger partial charge in [-0.1, -0.05) is 0 Å². The predicted molar refractivity (Wildman–Crippen MR) is 56.7 cm³/mol. The molecule has 16 heavy (non-hydrogen) atoms. The van der Waals surface area contributed by atoms with Gasteiger partial charge in [-0.15, -0.1) is 0 Å². The third kappa shape index (κ3) is 5.40. The van der Waals surface area contributed by atoms with Gasteiger partial charge in [0.25, 0.3) is 0 Å². The molecule has 94 valence electrons. The van der Waals surface area contributed by atoms with Gasteiger partial charge in [0, 0.05) is 19.6 Å². The normalized spacial score (nSPS) is 21.9. The molecule has 7 nitrogen and oxygen atoms in total. The number of carbonyl (C=O) groups is 1. The van der Waals surface area contributed by atoms with Gasteiger partial charge in [-0.05, 0) is 0 Å². The molecule has 1 rings (SSSR count). The lowest BCUT2D eigenvalue weighted by atomic mass is 10.3. The maximum Gasteiger partial charge on any atom is 0.304 e. The summed E-state index contributed by atoms with van der Waals surface area (Å²) < 4.78 is 30.3. The van der Waals surface area contributed by atoms with Crippen molar-refractivity contribution in [1.82, 2.24) is 10.0 Å². The lowest BCUT2D eigenvalue weighted by molar-refractivity contribution is -0.136. The lowest BCUT2D eigenvalue weighted by Gasteiger charge is -2.23. The van der Waals surface area contributed by atoms with E-state index in [2.05, 4.69) is 10.0 Å². The van der Waals surface area contributed by atoms with Crippen LogP contribution in [-0.2, 0) is 19.6 Å². The minimum Gasteiger partial charge on any atom is -0.481 e. The minimum absolute atomic E-state index is 0.176. The first-order valence-electron chi connectivity index (χ1n) is 5.01. The van der Waals surface area contributed by atoms with Crippen LogP contribution in [0.5, 0.6) is 0 Å². The second kappa shape index (κ2) is 6.14. The SMILES string of the molecule is O=C(O)CCS(=O)(=O)NCC1CNCCO1. The van der Waals surface area contributed by atoms with Crippen molar-refractivity contribution >= 4 is 16.0 Å². The van der Waals surface area contributed by atoms with Gasteiger partial charge in [-0.25, -0.2) is 13.1 Å². The second-order valence-corrected chi connectivity index (χ2v) is 5.43. The van der Waals surface area contributed by atoms with Crippen LogP contribution in [0.25, 0.3) is 0 Å². The summed E-state index contributed by atoms with van der Waals surface area (Å²) in [5, 5.41) is 11.4. The molecule has 0 saturated carbocycles. The number of nitrogens with one attached hydrogen (secondary N) is 2. The Kier molecular flexibility index (Phi) is 5.13. The Hall–Kier alpha value is -0.700. The number of sulfonamides is 1. The monoisotopic (exact) mass is 252 g/mol. The third-order valence-electron chi connectivity index (χ3n) is 2.12. The molecule has 0 bridgehead atoms. The van der Waals surface area contributed by atoms with Crippen molar-refractivity contribution in [2.45, 2.75) is 12.5 Å². The summed E-state index contributed by atoms with van der Waals surface area (Å²) >= 11 is 0. The van der Waals surface area contributed by atoms with Crippen molar-refractivity contribution in [3.8, 4) is 0 Å². The largest absolute Gasteiger partial charge is 0.481 e. The second-order valence-electron chi connectivity index (χ2n) is 3.51. The molecule has 0 aromatic heterocycles. The van der Waals surface area contributed by atoms with Gasteiger partial charge in [0.2, 0.25) is 10.0 Å². The summed E-state index contributed by atoms with van der Waals surface area (Å²) in [6.45, 7) is 2.10. The predicted octanol–water partition coefficient (Wildman–Crippen LogP) is -1.63. The molecule has 0 radical (unpaired) electrons. The average molecular weight is 252 g/mol. The van der Waals surface area contributed by atoms with E-state index < -0.39 is 21.7 Å². The van der Waals surface area contributed by atoms with Gasteiger partial charge < -0.3 is 15.2 Å². The maximum atomic E-state index is 11.3. The van der Waals surface area contributed by atoms with Crippen LogP contribution in [0.2, 0.25) is 0 Å². The Morgan fingerprint density at radius 3 is 2.88 bits per heavy atom. The molecule has 1 unspecified atom stereocenters. The van der Waals surface area contributed by atoms with Crippen LogP contribution >= 0.6 is 0 Å². The quantitative estimate of drug-likeness (QED) is 0.524. The van der Waals surface area contributed by atoms with E-state index in [1.807, 2.05) is 0 Å². The first-order chi connectivity index (χ1) is 7.49. The Labute approximate surface area is 94.2 Å². The topological polar surface area (TPSA) is 105 Å². The highest BCUT2D eigenvalue weighted by Crippen LogP contribution is 1.96. The molecule has 8 heteroatoms. The van der Waals surface area contributed by atoms with Crippen LogP contribution in [0.4, 0.5) is 0 Å². The summed E-state index contributed by atoms with van der Waals surface area (Å²) in [4.78, 5) is 10.2. The van der Waals surface area contributed by atoms with Crippen LogP contribution < -0.4 is 10.0 Å². The zero-order chi connectivity index (χ0) is 12.0. The van der Waals surface area contributed by atoms with Crippen molar-refractivity contribution in [2.75, 3.05) is 32.0 Å². The van der Waals surface area contributed by atoms with Crippen LogP contribution in [0, 0.1) is 0 Å². The minimum atomic E-state index is -3.51. The zero-order valence-corrected chi connectivity index (χ0v) is 9.62. The summed E-state index contributed by atoms with van der Waals surface area (Å²) in [6, 6.07) is 0. The van der Waals surface area contributed by atoms with Crippen molar-refractivity contribution < 1.29 is 23.1 Å². The fraction of sp³-hybridized carbons (Fsp3) is 0.875. The molecule has 1 saturated heterocycles. The van der Waals surface area contributed by atoms with Gasteiger partial charge in [0.15, 0.2) is 0 Å². The highest BCUT2D eigenvalue weighted by molar-refractivity contribution is 7.89. The van der Waals surface area contributed by atoms with E-state index in [1.165, 1.54) is 0 Å². The molecule has 3 N–H and O–H groups in total. The molecular weight excluding hydrogens is 236 g/mol. The number of morpholine rings is 1. The molecular formula is C8H16N2O5S. The summed E-state index contributed by atoms with van der Waals surface area (Å²) in [5.74, 6) is -1.52. The molecule has 1 heterocycles. The third-order valence-corrected chi connectivity index (χ3v) is 3.47. The number of hydrogen-bond donors (Lipinski definition) is 3. The molecule has 0 aromatic rings. The van der Waals surface area contributed by atoms with E-state index in [9.17, 15) is 13.2 Å². The zero-order valence-electron chi connectivity index (χ0n) is 8.81. The van der Waals surface area contributed by atoms with E-state index in [0.717, 1.165) is 6.54 Å². The highest BCUT2D eigenvalue weighted by Gasteiger charge is 2.17. The van der Waals surface area contributed by atoms with E-state index in [1.54, 1.807) is 0 Å². The first kappa shape index (κ1) is 13.4. The number of rotatable bonds is 6. The number of ether oxygens (including phenoxy) is 1. The molecule has 1 atom stereocenters. The van der Waals surface area contributed by atoms with E-state index in [4.69, 9.17) is 9.84 Å².